The van der Waals surface area contributed by atoms with Gasteiger partial charge in [0.25, 0.3) is 0 Å². The van der Waals surface area contributed by atoms with Gasteiger partial charge in [-0.15, -0.1) is 0 Å². The molecule has 0 saturated carbocycles. The van der Waals surface area contributed by atoms with Gasteiger partial charge < -0.3 is 0 Å². The fraction of sp³-hybridized carbons (Fsp3) is 0.308. The zero-order chi connectivity index (χ0) is 9.97. The van der Waals surface area contributed by atoms with Crippen molar-refractivity contribution < 1.29 is 4.79 Å². The highest BCUT2D eigenvalue weighted by Crippen LogP contribution is 2.31. The average Bonchev–Trinajstić information content (AvgIpc) is 2.19. The van der Waals surface area contributed by atoms with Crippen LogP contribution in [0.3, 0.4) is 0 Å². The van der Waals surface area contributed by atoms with Crippen LogP contribution in [-0.2, 0) is 4.79 Å². The summed E-state index contributed by atoms with van der Waals surface area (Å²) in [5, 5.41) is 0. The molecule has 0 fully saturated rings. The lowest BCUT2D eigenvalue weighted by atomic mass is 9.83. The Hall–Kier alpha value is -1.37. The molecule has 0 aromatic heterocycles. The first-order valence-electron chi connectivity index (χ1n) is 5.03. The van der Waals surface area contributed by atoms with Crippen LogP contribution >= 0.6 is 0 Å². The number of carbonyl (C=O) groups excluding carboxylic acids is 1. The summed E-state index contributed by atoms with van der Waals surface area (Å²) >= 11 is 0. The lowest BCUT2D eigenvalue weighted by molar-refractivity contribution is -0.115. The fourth-order valence-electron chi connectivity index (χ4n) is 2.06. The highest BCUT2D eigenvalue weighted by molar-refractivity contribution is 5.91. The summed E-state index contributed by atoms with van der Waals surface area (Å²) in [5.74, 6) is 0.726. The molecule has 1 nitrogen and oxygen atoms in total. The van der Waals surface area contributed by atoms with Gasteiger partial charge >= 0.3 is 0 Å². The van der Waals surface area contributed by atoms with E-state index in [4.69, 9.17) is 0 Å². The van der Waals surface area contributed by atoms with Gasteiger partial charge in [0, 0.05) is 12.3 Å². The second-order valence-corrected chi connectivity index (χ2v) is 3.86. The zero-order valence-electron chi connectivity index (χ0n) is 8.36. The van der Waals surface area contributed by atoms with E-state index in [2.05, 4.69) is 31.2 Å². The summed E-state index contributed by atoms with van der Waals surface area (Å²) in [6, 6.07) is 10.4. The Morgan fingerprint density at radius 3 is 2.57 bits per heavy atom. The molecule has 0 N–H and O–H groups in total. The molecule has 1 heteroatoms. The minimum absolute atomic E-state index is 0.273. The normalized spacial score (nSPS) is 21.9. The van der Waals surface area contributed by atoms with E-state index in [1.54, 1.807) is 6.08 Å². The average molecular weight is 186 g/mol. The summed E-state index contributed by atoms with van der Waals surface area (Å²) in [5.41, 5.74) is 2.53. The Labute approximate surface area is 84.5 Å². The molecule has 1 aromatic rings. The fourth-order valence-corrected chi connectivity index (χ4v) is 2.06. The Morgan fingerprint density at radius 1 is 1.21 bits per heavy atom. The Balaban J connectivity index is 2.29. The lowest BCUT2D eigenvalue weighted by Crippen LogP contribution is -2.10. The number of ketones is 1. The highest BCUT2D eigenvalue weighted by atomic mass is 16.1. The van der Waals surface area contributed by atoms with Crippen LogP contribution in [-0.4, -0.2) is 5.78 Å². The van der Waals surface area contributed by atoms with Crippen molar-refractivity contribution in [1.82, 2.24) is 0 Å². The van der Waals surface area contributed by atoms with E-state index in [0.29, 0.717) is 12.3 Å². The summed E-state index contributed by atoms with van der Waals surface area (Å²) in [6.45, 7) is 2.05. The second kappa shape index (κ2) is 3.79. The minimum Gasteiger partial charge on any atom is -0.295 e. The smallest absolute Gasteiger partial charge is 0.155 e. The Morgan fingerprint density at radius 2 is 1.93 bits per heavy atom. The molecule has 0 heterocycles. The SMILES string of the molecule is CC1=CC(=O)CCC1c1ccccc1. The molecule has 1 unspecified atom stereocenters. The summed E-state index contributed by atoms with van der Waals surface area (Å²) in [7, 11) is 0. The van der Waals surface area contributed by atoms with Gasteiger partial charge in [0.05, 0.1) is 0 Å². The monoisotopic (exact) mass is 186 g/mol. The third-order valence-corrected chi connectivity index (χ3v) is 2.82. The molecule has 2 rings (SSSR count). The highest BCUT2D eigenvalue weighted by Gasteiger charge is 2.19. The number of benzene rings is 1. The molecule has 0 saturated heterocycles. The predicted octanol–water partition coefficient (Wildman–Crippen LogP) is 3.08. The van der Waals surface area contributed by atoms with Crippen LogP contribution in [0.5, 0.6) is 0 Å². The van der Waals surface area contributed by atoms with Crippen LogP contribution in [0.15, 0.2) is 42.0 Å². The van der Waals surface area contributed by atoms with Crippen LogP contribution in [0.4, 0.5) is 0 Å². The van der Waals surface area contributed by atoms with Crippen molar-refractivity contribution in [2.75, 3.05) is 0 Å². The summed E-state index contributed by atoms with van der Waals surface area (Å²) in [4.78, 5) is 11.2. The van der Waals surface area contributed by atoms with Crippen LogP contribution in [0.25, 0.3) is 0 Å². The molecule has 0 radical (unpaired) electrons. The first-order chi connectivity index (χ1) is 6.77. The van der Waals surface area contributed by atoms with Crippen molar-refractivity contribution in [1.29, 1.82) is 0 Å². The minimum atomic E-state index is 0.273. The zero-order valence-corrected chi connectivity index (χ0v) is 8.36. The van der Waals surface area contributed by atoms with Gasteiger partial charge in [-0.05, 0) is 25.0 Å². The number of hydrogen-bond acceptors (Lipinski definition) is 1. The quantitative estimate of drug-likeness (QED) is 0.658. The van der Waals surface area contributed by atoms with Crippen molar-refractivity contribution in [3.63, 3.8) is 0 Å². The van der Waals surface area contributed by atoms with Gasteiger partial charge in [0.15, 0.2) is 5.78 Å². The summed E-state index contributed by atoms with van der Waals surface area (Å²) in [6.07, 6.45) is 3.45. The van der Waals surface area contributed by atoms with Gasteiger partial charge in [-0.1, -0.05) is 35.9 Å². The molecular weight excluding hydrogens is 172 g/mol. The van der Waals surface area contributed by atoms with E-state index in [0.717, 1.165) is 6.42 Å². The van der Waals surface area contributed by atoms with Gasteiger partial charge in [-0.25, -0.2) is 0 Å². The molecule has 1 aliphatic rings. The van der Waals surface area contributed by atoms with Gasteiger partial charge in [0.2, 0.25) is 0 Å². The topological polar surface area (TPSA) is 17.1 Å². The largest absolute Gasteiger partial charge is 0.295 e. The van der Waals surface area contributed by atoms with Crippen molar-refractivity contribution >= 4 is 5.78 Å². The van der Waals surface area contributed by atoms with E-state index in [1.807, 2.05) is 6.07 Å². The Bertz CT molecular complexity index is 362. The first kappa shape index (κ1) is 9.20. The van der Waals surface area contributed by atoms with E-state index < -0.39 is 0 Å². The van der Waals surface area contributed by atoms with Crippen molar-refractivity contribution in [2.24, 2.45) is 0 Å². The third kappa shape index (κ3) is 1.77. The van der Waals surface area contributed by atoms with E-state index in [9.17, 15) is 4.79 Å². The predicted molar refractivity (Wildman–Crippen MR) is 57.2 cm³/mol. The van der Waals surface area contributed by atoms with E-state index >= 15 is 0 Å². The van der Waals surface area contributed by atoms with Crippen molar-refractivity contribution in [3.05, 3.63) is 47.5 Å². The first-order valence-corrected chi connectivity index (χ1v) is 5.03. The maximum Gasteiger partial charge on any atom is 0.155 e. The second-order valence-electron chi connectivity index (χ2n) is 3.86. The number of hydrogen-bond donors (Lipinski definition) is 0. The number of allylic oxidation sites excluding steroid dienone is 2. The molecular formula is C13H14O. The van der Waals surface area contributed by atoms with E-state index in [-0.39, 0.29) is 5.78 Å². The molecule has 14 heavy (non-hydrogen) atoms. The van der Waals surface area contributed by atoms with Crippen LogP contribution < -0.4 is 0 Å². The van der Waals surface area contributed by atoms with Gasteiger partial charge in [0.1, 0.15) is 0 Å². The van der Waals surface area contributed by atoms with Gasteiger partial charge in [-0.2, -0.15) is 0 Å². The maximum absolute atomic E-state index is 11.2. The molecule has 1 aromatic carbocycles. The molecule has 0 aliphatic heterocycles. The molecule has 0 bridgehead atoms. The molecule has 0 amide bonds. The van der Waals surface area contributed by atoms with E-state index in [1.165, 1.54) is 11.1 Å². The van der Waals surface area contributed by atoms with Crippen molar-refractivity contribution in [2.45, 2.75) is 25.7 Å². The van der Waals surface area contributed by atoms with Crippen LogP contribution in [0.1, 0.15) is 31.2 Å². The molecule has 1 aliphatic carbocycles. The lowest BCUT2D eigenvalue weighted by Gasteiger charge is -2.21. The number of rotatable bonds is 1. The summed E-state index contributed by atoms with van der Waals surface area (Å²) < 4.78 is 0. The molecule has 72 valence electrons. The Kier molecular flexibility index (Phi) is 2.49. The van der Waals surface area contributed by atoms with Gasteiger partial charge in [-0.3, -0.25) is 4.79 Å². The number of carbonyl (C=O) groups is 1. The standard InChI is InChI=1S/C13H14O/c1-10-9-12(14)7-8-13(10)11-5-3-2-4-6-11/h2-6,9,13H,7-8H2,1H3. The van der Waals surface area contributed by atoms with Crippen molar-refractivity contribution in [3.8, 4) is 0 Å². The molecule has 1 atom stereocenters. The molecule has 0 spiro atoms. The third-order valence-electron chi connectivity index (χ3n) is 2.82. The van der Waals surface area contributed by atoms with Crippen LogP contribution in [0, 0.1) is 0 Å². The van der Waals surface area contributed by atoms with Crippen LogP contribution in [0.2, 0.25) is 0 Å². The maximum atomic E-state index is 11.2.